The van der Waals surface area contributed by atoms with Gasteiger partial charge in [-0.15, -0.1) is 0 Å². The summed E-state index contributed by atoms with van der Waals surface area (Å²) in [6.07, 6.45) is 1.25. The predicted molar refractivity (Wildman–Crippen MR) is 61.3 cm³/mol. The fourth-order valence-electron chi connectivity index (χ4n) is 0.949. The Balaban J connectivity index is 2.80. The van der Waals surface area contributed by atoms with Gasteiger partial charge in [-0.05, 0) is 31.2 Å². The molecule has 0 bridgehead atoms. The summed E-state index contributed by atoms with van der Waals surface area (Å²) in [5.74, 6) is -0.276. The molecule has 2 nitrogen and oxygen atoms in total. The molecule has 80 valence electrons. The van der Waals surface area contributed by atoms with Crippen molar-refractivity contribution in [2.45, 2.75) is 6.92 Å². The molecule has 0 N–H and O–H groups in total. The normalized spacial score (nSPS) is 11.3. The molecular formula is C11H10Cl2O2. The SMILES string of the molecule is CCO/C=C(/Cl)C(=O)c1ccc(Cl)cc1. The first kappa shape index (κ1) is 12.1. The number of allylic oxidation sites excluding steroid dienone is 1. The van der Waals surface area contributed by atoms with E-state index in [0.29, 0.717) is 17.2 Å². The number of ketones is 1. The zero-order chi connectivity index (χ0) is 11.3. The molecule has 0 aliphatic carbocycles. The minimum atomic E-state index is -0.276. The van der Waals surface area contributed by atoms with Gasteiger partial charge in [0.1, 0.15) is 11.3 Å². The number of carbonyl (C=O) groups is 1. The first-order valence-corrected chi connectivity index (χ1v) is 5.18. The van der Waals surface area contributed by atoms with Crippen LogP contribution in [0, 0.1) is 0 Å². The van der Waals surface area contributed by atoms with E-state index in [2.05, 4.69) is 0 Å². The van der Waals surface area contributed by atoms with E-state index in [0.717, 1.165) is 0 Å². The topological polar surface area (TPSA) is 26.3 Å². The summed E-state index contributed by atoms with van der Waals surface area (Å²) in [5.41, 5.74) is 0.486. The minimum Gasteiger partial charge on any atom is -0.500 e. The maximum Gasteiger partial charge on any atom is 0.207 e. The third-order valence-electron chi connectivity index (χ3n) is 1.68. The third-order valence-corrected chi connectivity index (χ3v) is 2.19. The lowest BCUT2D eigenvalue weighted by atomic mass is 10.1. The Bertz CT molecular complexity index is 369. The molecule has 0 saturated heterocycles. The van der Waals surface area contributed by atoms with Gasteiger partial charge in [0.05, 0.1) is 6.61 Å². The van der Waals surface area contributed by atoms with Gasteiger partial charge in [-0.3, -0.25) is 4.79 Å². The summed E-state index contributed by atoms with van der Waals surface area (Å²) in [5, 5.41) is 0.635. The number of benzene rings is 1. The van der Waals surface area contributed by atoms with Gasteiger partial charge in [-0.1, -0.05) is 23.2 Å². The molecule has 0 heterocycles. The molecule has 0 amide bonds. The average molecular weight is 245 g/mol. The van der Waals surface area contributed by atoms with Crippen molar-refractivity contribution < 1.29 is 9.53 Å². The second-order valence-corrected chi connectivity index (χ2v) is 3.60. The third kappa shape index (κ3) is 3.57. The highest BCUT2D eigenvalue weighted by molar-refractivity contribution is 6.45. The number of hydrogen-bond acceptors (Lipinski definition) is 2. The molecule has 0 radical (unpaired) electrons. The highest BCUT2D eigenvalue weighted by Crippen LogP contribution is 2.15. The van der Waals surface area contributed by atoms with Crippen LogP contribution in [0.25, 0.3) is 0 Å². The van der Waals surface area contributed by atoms with Crippen LogP contribution in [0.4, 0.5) is 0 Å². The quantitative estimate of drug-likeness (QED) is 0.460. The van der Waals surface area contributed by atoms with E-state index in [-0.39, 0.29) is 10.8 Å². The molecule has 0 unspecified atom stereocenters. The van der Waals surface area contributed by atoms with Gasteiger partial charge >= 0.3 is 0 Å². The Hall–Kier alpha value is -0.990. The molecule has 0 aromatic heterocycles. The zero-order valence-corrected chi connectivity index (χ0v) is 9.68. The molecular weight excluding hydrogens is 235 g/mol. The highest BCUT2D eigenvalue weighted by atomic mass is 35.5. The molecule has 0 spiro atoms. The van der Waals surface area contributed by atoms with Crippen molar-refractivity contribution in [1.29, 1.82) is 0 Å². The minimum absolute atomic E-state index is 0.0548. The van der Waals surface area contributed by atoms with Crippen molar-refractivity contribution in [2.75, 3.05) is 6.61 Å². The van der Waals surface area contributed by atoms with Crippen molar-refractivity contribution in [3.63, 3.8) is 0 Å². The van der Waals surface area contributed by atoms with E-state index < -0.39 is 0 Å². The molecule has 1 rings (SSSR count). The summed E-state index contributed by atoms with van der Waals surface area (Å²) < 4.78 is 4.92. The van der Waals surface area contributed by atoms with Crippen molar-refractivity contribution >= 4 is 29.0 Å². The van der Waals surface area contributed by atoms with E-state index in [1.807, 2.05) is 6.92 Å². The lowest BCUT2D eigenvalue weighted by molar-refractivity contribution is 0.103. The van der Waals surface area contributed by atoms with Crippen LogP contribution in [0.3, 0.4) is 0 Å². The Morgan fingerprint density at radius 3 is 2.53 bits per heavy atom. The molecule has 0 fully saturated rings. The number of ether oxygens (including phenoxy) is 1. The second kappa shape index (κ2) is 5.79. The monoisotopic (exact) mass is 244 g/mol. The fourth-order valence-corrected chi connectivity index (χ4v) is 1.25. The largest absolute Gasteiger partial charge is 0.500 e. The van der Waals surface area contributed by atoms with Gasteiger partial charge in [0.15, 0.2) is 0 Å². The van der Waals surface area contributed by atoms with Gasteiger partial charge < -0.3 is 4.74 Å². The number of hydrogen-bond donors (Lipinski definition) is 0. The Morgan fingerprint density at radius 1 is 1.40 bits per heavy atom. The molecule has 15 heavy (non-hydrogen) atoms. The van der Waals surface area contributed by atoms with E-state index >= 15 is 0 Å². The lowest BCUT2D eigenvalue weighted by Gasteiger charge is -2.00. The van der Waals surface area contributed by atoms with Crippen molar-refractivity contribution in [2.24, 2.45) is 0 Å². The van der Waals surface area contributed by atoms with Crippen molar-refractivity contribution in [1.82, 2.24) is 0 Å². The van der Waals surface area contributed by atoms with Crippen molar-refractivity contribution in [3.8, 4) is 0 Å². The number of rotatable bonds is 4. The van der Waals surface area contributed by atoms with Crippen LogP contribution < -0.4 is 0 Å². The number of halogens is 2. The smallest absolute Gasteiger partial charge is 0.207 e. The van der Waals surface area contributed by atoms with E-state index in [9.17, 15) is 4.79 Å². The molecule has 0 saturated carbocycles. The summed E-state index contributed by atoms with van der Waals surface area (Å²) in [7, 11) is 0. The second-order valence-electron chi connectivity index (χ2n) is 2.76. The fraction of sp³-hybridized carbons (Fsp3) is 0.182. The van der Waals surface area contributed by atoms with Gasteiger partial charge in [-0.25, -0.2) is 0 Å². The molecule has 1 aromatic carbocycles. The van der Waals surface area contributed by atoms with Crippen LogP contribution in [-0.2, 0) is 4.74 Å². The zero-order valence-electron chi connectivity index (χ0n) is 8.17. The first-order chi connectivity index (χ1) is 7.15. The van der Waals surface area contributed by atoms with Crippen LogP contribution in [0.15, 0.2) is 35.6 Å². The van der Waals surface area contributed by atoms with Gasteiger partial charge in [0.2, 0.25) is 5.78 Å². The predicted octanol–water partition coefficient (Wildman–Crippen LogP) is 3.64. The molecule has 4 heteroatoms. The van der Waals surface area contributed by atoms with Crippen molar-refractivity contribution in [3.05, 3.63) is 46.1 Å². The molecule has 0 aliphatic heterocycles. The standard InChI is InChI=1S/C11H10Cl2O2/c1-2-15-7-10(13)11(14)8-3-5-9(12)6-4-8/h3-7H,2H2,1H3/b10-7+. The number of Topliss-reactive ketones (excluding diaryl/α,β-unsaturated/α-hetero) is 1. The van der Waals surface area contributed by atoms with Crippen LogP contribution in [0.2, 0.25) is 5.02 Å². The Morgan fingerprint density at radius 2 is 2.00 bits per heavy atom. The summed E-state index contributed by atoms with van der Waals surface area (Å²) in [6, 6.07) is 6.51. The summed E-state index contributed by atoms with van der Waals surface area (Å²) in [6.45, 7) is 2.29. The Labute approximate surface area is 98.4 Å². The average Bonchev–Trinajstić information content (AvgIpc) is 2.26. The van der Waals surface area contributed by atoms with Gasteiger partial charge in [0.25, 0.3) is 0 Å². The maximum atomic E-state index is 11.6. The van der Waals surface area contributed by atoms with Crippen LogP contribution in [-0.4, -0.2) is 12.4 Å². The van der Waals surface area contributed by atoms with Crippen LogP contribution >= 0.6 is 23.2 Å². The Kier molecular flexibility index (Phi) is 4.66. The van der Waals surface area contributed by atoms with Crippen LogP contribution in [0.1, 0.15) is 17.3 Å². The number of carbonyl (C=O) groups excluding carboxylic acids is 1. The van der Waals surface area contributed by atoms with E-state index in [4.69, 9.17) is 27.9 Å². The summed E-state index contributed by atoms with van der Waals surface area (Å²) >= 11 is 11.4. The van der Waals surface area contributed by atoms with E-state index in [1.54, 1.807) is 24.3 Å². The molecule has 0 aliphatic rings. The highest BCUT2D eigenvalue weighted by Gasteiger charge is 2.09. The lowest BCUT2D eigenvalue weighted by Crippen LogP contribution is -1.99. The molecule has 1 aromatic rings. The maximum absolute atomic E-state index is 11.6. The van der Waals surface area contributed by atoms with Gasteiger partial charge in [0, 0.05) is 10.6 Å². The van der Waals surface area contributed by atoms with Crippen LogP contribution in [0.5, 0.6) is 0 Å². The van der Waals surface area contributed by atoms with Gasteiger partial charge in [-0.2, -0.15) is 0 Å². The first-order valence-electron chi connectivity index (χ1n) is 4.42. The molecule has 0 atom stereocenters. The summed E-state index contributed by atoms with van der Waals surface area (Å²) in [4.78, 5) is 11.6. The van der Waals surface area contributed by atoms with E-state index in [1.165, 1.54) is 6.26 Å².